The number of carbonyl (C=O) groups excluding carboxylic acids is 2. The third-order valence-electron chi connectivity index (χ3n) is 6.15. The third kappa shape index (κ3) is 3.32. The Labute approximate surface area is 195 Å². The molecular weight excluding hydrogens is 444 g/mol. The highest BCUT2D eigenvalue weighted by atomic mass is 35.5. The standard InChI is InChI=1S/C25H21ClN2O5/c1-14-17(26)9-6-10-18(14)27-24(30)21-22(15-11-12-19(29)20(13-15)32-2)28(33-23(21)25(27)31)16-7-4-3-5-8-16/h3-13,21-23,29H,1-2H3/t21-,22+,23-/m0/s1. The molecule has 0 saturated carbocycles. The zero-order valence-corrected chi connectivity index (χ0v) is 18.7. The minimum Gasteiger partial charge on any atom is -0.504 e. The normalized spacial score (nSPS) is 22.1. The Morgan fingerprint density at radius 3 is 2.48 bits per heavy atom. The highest BCUT2D eigenvalue weighted by Gasteiger charge is 2.60. The van der Waals surface area contributed by atoms with Gasteiger partial charge in [-0.1, -0.05) is 41.9 Å². The van der Waals surface area contributed by atoms with Crippen LogP contribution in [0.25, 0.3) is 0 Å². The van der Waals surface area contributed by atoms with Gasteiger partial charge in [0.25, 0.3) is 5.91 Å². The van der Waals surface area contributed by atoms with E-state index in [-0.39, 0.29) is 17.4 Å². The van der Waals surface area contributed by atoms with Gasteiger partial charge in [0, 0.05) is 5.02 Å². The van der Waals surface area contributed by atoms with E-state index in [2.05, 4.69) is 0 Å². The molecule has 5 rings (SSSR count). The minimum absolute atomic E-state index is 0.0204. The summed E-state index contributed by atoms with van der Waals surface area (Å²) in [5.74, 6) is -1.36. The number of hydroxylamine groups is 1. The Kier molecular flexibility index (Phi) is 5.23. The van der Waals surface area contributed by atoms with E-state index in [0.717, 1.165) is 0 Å². The number of fused-ring (bicyclic) bond motifs is 1. The lowest BCUT2D eigenvalue weighted by atomic mass is 9.90. The summed E-state index contributed by atoms with van der Waals surface area (Å²) in [5, 5.41) is 12.1. The number of ether oxygens (including phenoxy) is 1. The first-order chi connectivity index (χ1) is 15.9. The average Bonchev–Trinajstić information content (AvgIpc) is 3.33. The summed E-state index contributed by atoms with van der Waals surface area (Å²) < 4.78 is 5.28. The maximum absolute atomic E-state index is 13.7. The van der Waals surface area contributed by atoms with Crippen molar-refractivity contribution in [2.75, 3.05) is 17.1 Å². The van der Waals surface area contributed by atoms with Gasteiger partial charge >= 0.3 is 0 Å². The van der Waals surface area contributed by atoms with Gasteiger partial charge < -0.3 is 9.84 Å². The molecule has 2 saturated heterocycles. The van der Waals surface area contributed by atoms with Crippen LogP contribution in [-0.2, 0) is 14.4 Å². The lowest BCUT2D eigenvalue weighted by Crippen LogP contribution is -2.37. The Morgan fingerprint density at radius 1 is 1.00 bits per heavy atom. The van der Waals surface area contributed by atoms with Gasteiger partial charge in [0.1, 0.15) is 5.92 Å². The monoisotopic (exact) mass is 464 g/mol. The summed E-state index contributed by atoms with van der Waals surface area (Å²) in [6.45, 7) is 1.77. The van der Waals surface area contributed by atoms with Gasteiger partial charge in [0.15, 0.2) is 17.6 Å². The van der Waals surface area contributed by atoms with E-state index in [1.807, 2.05) is 30.3 Å². The fraction of sp³-hybridized carbons (Fsp3) is 0.200. The number of carbonyl (C=O) groups is 2. The van der Waals surface area contributed by atoms with Gasteiger partial charge in [-0.3, -0.25) is 14.4 Å². The molecule has 0 aliphatic carbocycles. The van der Waals surface area contributed by atoms with Gasteiger partial charge in [-0.25, -0.2) is 9.96 Å². The molecule has 0 aromatic heterocycles. The van der Waals surface area contributed by atoms with Crippen molar-refractivity contribution in [2.24, 2.45) is 5.92 Å². The Bertz CT molecular complexity index is 1250. The zero-order chi connectivity index (χ0) is 23.3. The molecular formula is C25H21ClN2O5. The van der Waals surface area contributed by atoms with Gasteiger partial charge in [-0.05, 0) is 54.4 Å². The largest absolute Gasteiger partial charge is 0.504 e. The van der Waals surface area contributed by atoms with Crippen LogP contribution in [-0.4, -0.2) is 30.1 Å². The SMILES string of the molecule is COc1cc([C@@H]2[C@@H]3C(=O)N(c4cccc(Cl)c4C)C(=O)[C@H]3ON2c2ccccc2)ccc1O. The number of aromatic hydroxyl groups is 1. The van der Waals surface area contributed by atoms with Crippen LogP contribution in [0.3, 0.4) is 0 Å². The van der Waals surface area contributed by atoms with Crippen molar-refractivity contribution in [2.45, 2.75) is 19.1 Å². The number of nitrogens with zero attached hydrogens (tertiary/aromatic N) is 2. The molecule has 33 heavy (non-hydrogen) atoms. The molecule has 2 aliphatic heterocycles. The lowest BCUT2D eigenvalue weighted by Gasteiger charge is -2.29. The number of amides is 2. The molecule has 168 valence electrons. The molecule has 3 atom stereocenters. The molecule has 2 amide bonds. The number of phenols is 1. The number of halogens is 1. The summed E-state index contributed by atoms with van der Waals surface area (Å²) in [6, 6.07) is 18.6. The van der Waals surface area contributed by atoms with Crippen LogP contribution in [0.2, 0.25) is 5.02 Å². The smallest absolute Gasteiger partial charge is 0.266 e. The van der Waals surface area contributed by atoms with Crippen molar-refractivity contribution in [3.05, 3.63) is 82.9 Å². The Balaban J connectivity index is 1.62. The van der Waals surface area contributed by atoms with Crippen LogP contribution < -0.4 is 14.7 Å². The van der Waals surface area contributed by atoms with Gasteiger partial charge in [-0.2, -0.15) is 0 Å². The molecule has 1 N–H and O–H groups in total. The fourth-order valence-corrected chi connectivity index (χ4v) is 4.68. The number of benzene rings is 3. The van der Waals surface area contributed by atoms with Crippen molar-refractivity contribution in [1.29, 1.82) is 0 Å². The van der Waals surface area contributed by atoms with E-state index >= 15 is 0 Å². The molecule has 3 aromatic rings. The summed E-state index contributed by atoms with van der Waals surface area (Å²) >= 11 is 6.26. The molecule has 0 bridgehead atoms. The maximum Gasteiger partial charge on any atom is 0.266 e. The van der Waals surface area contributed by atoms with Crippen molar-refractivity contribution in [3.8, 4) is 11.5 Å². The second kappa shape index (κ2) is 8.10. The number of hydrogen-bond acceptors (Lipinski definition) is 6. The predicted molar refractivity (Wildman–Crippen MR) is 123 cm³/mol. The van der Waals surface area contributed by atoms with E-state index in [1.165, 1.54) is 18.1 Å². The second-order valence-electron chi connectivity index (χ2n) is 7.99. The van der Waals surface area contributed by atoms with Crippen molar-refractivity contribution in [3.63, 3.8) is 0 Å². The number of anilines is 2. The highest BCUT2D eigenvalue weighted by Crippen LogP contribution is 2.49. The molecule has 7 nitrogen and oxygen atoms in total. The van der Waals surface area contributed by atoms with Crippen LogP contribution in [0.5, 0.6) is 11.5 Å². The number of hydrogen-bond donors (Lipinski definition) is 1. The average molecular weight is 465 g/mol. The molecule has 2 aliphatic rings. The molecule has 3 aromatic carbocycles. The maximum atomic E-state index is 13.7. The number of rotatable bonds is 4. The van der Waals surface area contributed by atoms with Gasteiger partial charge in [0.2, 0.25) is 5.91 Å². The summed E-state index contributed by atoms with van der Waals surface area (Å²) in [5.41, 5.74) is 2.47. The van der Waals surface area contributed by atoms with Gasteiger partial charge in [-0.15, -0.1) is 0 Å². The molecule has 8 heteroatoms. The number of methoxy groups -OCH3 is 1. The summed E-state index contributed by atoms with van der Waals surface area (Å²) in [4.78, 5) is 34.5. The van der Waals surface area contributed by atoms with E-state index in [1.54, 1.807) is 42.3 Å². The van der Waals surface area contributed by atoms with Crippen LogP contribution in [0, 0.1) is 12.8 Å². The number of para-hydroxylation sites is 1. The quantitative estimate of drug-likeness (QED) is 0.576. The van der Waals surface area contributed by atoms with E-state index in [4.69, 9.17) is 21.2 Å². The van der Waals surface area contributed by atoms with Crippen LogP contribution in [0.15, 0.2) is 66.7 Å². The predicted octanol–water partition coefficient (Wildman–Crippen LogP) is 4.41. The molecule has 2 heterocycles. The molecule has 0 spiro atoms. The fourth-order valence-electron chi connectivity index (χ4n) is 4.51. The Morgan fingerprint density at radius 2 is 1.76 bits per heavy atom. The summed E-state index contributed by atoms with van der Waals surface area (Å²) in [6.07, 6.45) is -0.999. The third-order valence-corrected chi connectivity index (χ3v) is 6.56. The topological polar surface area (TPSA) is 79.3 Å². The molecule has 0 unspecified atom stereocenters. The highest BCUT2D eigenvalue weighted by molar-refractivity contribution is 6.32. The summed E-state index contributed by atoms with van der Waals surface area (Å²) in [7, 11) is 1.45. The minimum atomic E-state index is -0.999. The van der Waals surface area contributed by atoms with Crippen molar-refractivity contribution in [1.82, 2.24) is 0 Å². The zero-order valence-electron chi connectivity index (χ0n) is 17.9. The first-order valence-electron chi connectivity index (χ1n) is 10.4. The Hall–Kier alpha value is -3.55. The van der Waals surface area contributed by atoms with Crippen molar-refractivity contribution >= 4 is 34.8 Å². The van der Waals surface area contributed by atoms with Gasteiger partial charge in [0.05, 0.1) is 24.5 Å². The van der Waals surface area contributed by atoms with Crippen LogP contribution >= 0.6 is 11.6 Å². The lowest BCUT2D eigenvalue weighted by molar-refractivity contribution is -0.126. The molecule has 0 radical (unpaired) electrons. The number of imide groups is 1. The number of phenolic OH excluding ortho intramolecular Hbond substituents is 1. The first kappa shape index (κ1) is 21.3. The van der Waals surface area contributed by atoms with E-state index in [9.17, 15) is 14.7 Å². The molecule has 2 fully saturated rings. The van der Waals surface area contributed by atoms with Crippen LogP contribution in [0.4, 0.5) is 11.4 Å². The second-order valence-corrected chi connectivity index (χ2v) is 8.39. The van der Waals surface area contributed by atoms with E-state index in [0.29, 0.717) is 27.5 Å². The van der Waals surface area contributed by atoms with Crippen LogP contribution in [0.1, 0.15) is 17.2 Å². The first-order valence-corrected chi connectivity index (χ1v) is 10.8. The van der Waals surface area contributed by atoms with Crippen molar-refractivity contribution < 1.29 is 24.3 Å². The van der Waals surface area contributed by atoms with E-state index < -0.39 is 24.0 Å².